The molecule has 2 aliphatic rings. The van der Waals surface area contributed by atoms with Crippen molar-refractivity contribution < 1.29 is 27.9 Å². The van der Waals surface area contributed by atoms with Crippen LogP contribution < -0.4 is 10.1 Å². The molecule has 0 unspecified atom stereocenters. The first-order chi connectivity index (χ1) is 17.3. The summed E-state index contributed by atoms with van der Waals surface area (Å²) >= 11 is 0. The molecule has 194 valence electrons. The molecule has 2 fully saturated rings. The van der Waals surface area contributed by atoms with E-state index in [1.54, 1.807) is 7.11 Å². The summed E-state index contributed by atoms with van der Waals surface area (Å²) in [7, 11) is -2.12. The number of carbonyl (C=O) groups is 2. The molecule has 2 aromatic rings. The summed E-state index contributed by atoms with van der Waals surface area (Å²) in [6.07, 6.45) is 5.78. The van der Waals surface area contributed by atoms with Crippen LogP contribution in [0.4, 0.5) is 0 Å². The average Bonchev–Trinajstić information content (AvgIpc) is 3.41. The van der Waals surface area contributed by atoms with Gasteiger partial charge < -0.3 is 15.2 Å². The molecule has 0 heterocycles. The van der Waals surface area contributed by atoms with Gasteiger partial charge in [-0.25, -0.2) is 13.2 Å². The fourth-order valence-electron chi connectivity index (χ4n) is 5.71. The fraction of sp³-hybridized carbons (Fsp3) is 0.500. The van der Waals surface area contributed by atoms with Crippen LogP contribution in [0.5, 0.6) is 5.75 Å². The lowest BCUT2D eigenvalue weighted by Gasteiger charge is -2.34. The molecule has 0 bridgehead atoms. The van der Waals surface area contributed by atoms with Gasteiger partial charge in [0, 0.05) is 12.0 Å². The molecule has 8 heteroatoms. The van der Waals surface area contributed by atoms with E-state index >= 15 is 0 Å². The number of amides is 1. The van der Waals surface area contributed by atoms with Gasteiger partial charge in [0.2, 0.25) is 5.91 Å². The number of carbonyl (C=O) groups excluding carboxylic acids is 1. The Bertz CT molecular complexity index is 1180. The number of hydrogen-bond acceptors (Lipinski definition) is 5. The second-order valence-electron chi connectivity index (χ2n) is 9.97. The van der Waals surface area contributed by atoms with Crippen molar-refractivity contribution in [2.45, 2.75) is 80.2 Å². The van der Waals surface area contributed by atoms with Crippen LogP contribution in [-0.4, -0.2) is 48.5 Å². The van der Waals surface area contributed by atoms with E-state index in [9.17, 15) is 23.1 Å². The molecular formula is C28H35NO6S. The first-order valence-corrected chi connectivity index (χ1v) is 14.3. The van der Waals surface area contributed by atoms with Gasteiger partial charge in [0.15, 0.2) is 14.6 Å². The number of sulfone groups is 1. The van der Waals surface area contributed by atoms with Crippen LogP contribution in [0.2, 0.25) is 0 Å². The van der Waals surface area contributed by atoms with E-state index in [4.69, 9.17) is 4.74 Å². The number of benzene rings is 2. The molecular weight excluding hydrogens is 478 g/mol. The van der Waals surface area contributed by atoms with Crippen molar-refractivity contribution in [3.05, 3.63) is 54.1 Å². The number of carboxylic acid groups (broad SMARTS) is 1. The molecule has 2 aliphatic carbocycles. The van der Waals surface area contributed by atoms with Crippen molar-refractivity contribution >= 4 is 21.7 Å². The minimum Gasteiger partial charge on any atom is -0.496 e. The van der Waals surface area contributed by atoms with E-state index in [0.29, 0.717) is 25.7 Å². The largest absolute Gasteiger partial charge is 0.496 e. The van der Waals surface area contributed by atoms with Crippen LogP contribution in [0.1, 0.15) is 63.4 Å². The van der Waals surface area contributed by atoms with E-state index in [1.165, 1.54) is 0 Å². The molecule has 0 aromatic heterocycles. The maximum atomic E-state index is 13.7. The highest BCUT2D eigenvalue weighted by atomic mass is 32.2. The van der Waals surface area contributed by atoms with Crippen LogP contribution >= 0.6 is 0 Å². The molecule has 2 N–H and O–H groups in total. The third-order valence-electron chi connectivity index (χ3n) is 7.78. The quantitative estimate of drug-likeness (QED) is 0.510. The number of carboxylic acids is 1. The summed E-state index contributed by atoms with van der Waals surface area (Å²) in [4.78, 5) is 25.6. The maximum absolute atomic E-state index is 13.7. The Morgan fingerprint density at radius 2 is 1.64 bits per heavy atom. The monoisotopic (exact) mass is 513 g/mol. The van der Waals surface area contributed by atoms with Gasteiger partial charge in [0.05, 0.1) is 12.4 Å². The standard InChI is InChI=1S/C28H35NO6S/c1-35-25-12-6-5-11-23(25)21-15-13-20(14-16-21)19-24(26(30)31)29-27(32)28(17-7-8-18-28)36(33,34)22-9-3-2-4-10-22/h5-6,11-16,22,24H,2-4,7-10,17-19H2,1H3,(H,29,32)(H,30,31)/t24-/m0/s1. The van der Waals surface area contributed by atoms with Crippen LogP contribution in [0.15, 0.2) is 48.5 Å². The topological polar surface area (TPSA) is 110 Å². The molecule has 7 nitrogen and oxygen atoms in total. The lowest BCUT2D eigenvalue weighted by atomic mass is 9.99. The second-order valence-corrected chi connectivity index (χ2v) is 12.5. The van der Waals surface area contributed by atoms with Gasteiger partial charge in [-0.15, -0.1) is 0 Å². The molecule has 0 radical (unpaired) electrons. The Labute approximate surface area is 213 Å². The Kier molecular flexibility index (Phi) is 8.03. The number of methoxy groups -OCH3 is 1. The van der Waals surface area contributed by atoms with E-state index in [1.807, 2.05) is 48.5 Å². The van der Waals surface area contributed by atoms with E-state index < -0.39 is 37.8 Å². The third-order valence-corrected chi connectivity index (χ3v) is 10.8. The summed E-state index contributed by atoms with van der Waals surface area (Å²) in [6.45, 7) is 0. The van der Waals surface area contributed by atoms with Crippen molar-refractivity contribution in [1.82, 2.24) is 5.32 Å². The molecule has 4 rings (SSSR count). The van der Waals surface area contributed by atoms with E-state index in [0.717, 1.165) is 41.7 Å². The van der Waals surface area contributed by atoms with Crippen molar-refractivity contribution in [3.63, 3.8) is 0 Å². The number of ether oxygens (including phenoxy) is 1. The zero-order valence-corrected chi connectivity index (χ0v) is 21.6. The highest BCUT2D eigenvalue weighted by Gasteiger charge is 2.55. The highest BCUT2D eigenvalue weighted by Crippen LogP contribution is 2.42. The summed E-state index contributed by atoms with van der Waals surface area (Å²) < 4.78 is 31.2. The molecule has 2 aromatic carbocycles. The smallest absolute Gasteiger partial charge is 0.326 e. The summed E-state index contributed by atoms with van der Waals surface area (Å²) in [6, 6.07) is 13.8. The van der Waals surface area contributed by atoms with Gasteiger partial charge in [-0.05, 0) is 42.9 Å². The predicted molar refractivity (Wildman–Crippen MR) is 139 cm³/mol. The predicted octanol–water partition coefficient (Wildman–Crippen LogP) is 4.53. The van der Waals surface area contributed by atoms with Crippen LogP contribution in [0.25, 0.3) is 11.1 Å². The van der Waals surface area contributed by atoms with Crippen molar-refractivity contribution in [1.29, 1.82) is 0 Å². The summed E-state index contributed by atoms with van der Waals surface area (Å²) in [5.41, 5.74) is 2.58. The Hall–Kier alpha value is -2.87. The van der Waals surface area contributed by atoms with Crippen LogP contribution in [-0.2, 0) is 25.8 Å². The maximum Gasteiger partial charge on any atom is 0.326 e. The molecule has 0 saturated heterocycles. The van der Waals surface area contributed by atoms with Gasteiger partial charge in [-0.3, -0.25) is 4.79 Å². The zero-order chi connectivity index (χ0) is 25.8. The molecule has 1 atom stereocenters. The van der Waals surface area contributed by atoms with E-state index in [2.05, 4.69) is 5.32 Å². The van der Waals surface area contributed by atoms with Crippen molar-refractivity contribution in [2.24, 2.45) is 0 Å². The van der Waals surface area contributed by atoms with Gasteiger partial charge in [0.1, 0.15) is 11.8 Å². The van der Waals surface area contributed by atoms with Crippen LogP contribution in [0.3, 0.4) is 0 Å². The number of hydrogen-bond donors (Lipinski definition) is 2. The summed E-state index contributed by atoms with van der Waals surface area (Å²) in [5.74, 6) is -1.09. The molecule has 0 spiro atoms. The lowest BCUT2D eigenvalue weighted by Crippen LogP contribution is -2.57. The fourth-order valence-corrected chi connectivity index (χ4v) is 8.48. The van der Waals surface area contributed by atoms with Crippen molar-refractivity contribution in [3.8, 4) is 16.9 Å². The normalized spacial score (nSPS) is 18.9. The van der Waals surface area contributed by atoms with E-state index in [-0.39, 0.29) is 19.3 Å². The SMILES string of the molecule is COc1ccccc1-c1ccc(C[C@H](NC(=O)C2(S(=O)(=O)C3CCCCC3)CCCC2)C(=O)O)cc1. The number of rotatable bonds is 9. The summed E-state index contributed by atoms with van der Waals surface area (Å²) in [5, 5.41) is 12.0. The highest BCUT2D eigenvalue weighted by molar-refractivity contribution is 7.94. The Balaban J connectivity index is 1.52. The lowest BCUT2D eigenvalue weighted by molar-refractivity contribution is -0.142. The third kappa shape index (κ3) is 5.14. The van der Waals surface area contributed by atoms with Gasteiger partial charge in [-0.2, -0.15) is 0 Å². The van der Waals surface area contributed by atoms with Gasteiger partial charge in [0.25, 0.3) is 0 Å². The molecule has 0 aliphatic heterocycles. The molecule has 1 amide bonds. The number of aliphatic carboxylic acids is 1. The molecule has 2 saturated carbocycles. The van der Waals surface area contributed by atoms with Gasteiger partial charge in [-0.1, -0.05) is 74.6 Å². The first kappa shape index (κ1) is 26.2. The van der Waals surface area contributed by atoms with Gasteiger partial charge >= 0.3 is 5.97 Å². The minimum atomic E-state index is -3.73. The van der Waals surface area contributed by atoms with Crippen molar-refractivity contribution in [2.75, 3.05) is 7.11 Å². The zero-order valence-electron chi connectivity index (χ0n) is 20.7. The minimum absolute atomic E-state index is 0.0623. The van der Waals surface area contributed by atoms with Crippen LogP contribution in [0, 0.1) is 0 Å². The second kappa shape index (κ2) is 11.0. The Morgan fingerprint density at radius 1 is 1.00 bits per heavy atom. The number of para-hydroxylation sites is 1. The Morgan fingerprint density at radius 3 is 2.25 bits per heavy atom. The molecule has 36 heavy (non-hydrogen) atoms. The number of nitrogens with one attached hydrogen (secondary N) is 1. The average molecular weight is 514 g/mol. The first-order valence-electron chi connectivity index (χ1n) is 12.8.